The number of thiazole rings is 1. The lowest BCUT2D eigenvalue weighted by Gasteiger charge is -2.17. The molecule has 0 aliphatic heterocycles. The van der Waals surface area contributed by atoms with Crippen molar-refractivity contribution in [1.82, 2.24) is 30.2 Å². The van der Waals surface area contributed by atoms with Gasteiger partial charge in [0.2, 0.25) is 0 Å². The highest BCUT2D eigenvalue weighted by Gasteiger charge is 2.22. The maximum atomic E-state index is 12.7. The molecular weight excluding hydrogens is 480 g/mol. The fourth-order valence-electron chi connectivity index (χ4n) is 2.76. The lowest BCUT2D eigenvalue weighted by molar-refractivity contribution is 0.0934. The van der Waals surface area contributed by atoms with Crippen LogP contribution in [0.25, 0.3) is 0 Å². The predicted molar refractivity (Wildman–Crippen MR) is 129 cm³/mol. The Balaban J connectivity index is 1.67. The molecule has 180 valence electrons. The zero-order chi connectivity index (χ0) is 24.9. The Morgan fingerprint density at radius 1 is 1.12 bits per heavy atom. The van der Waals surface area contributed by atoms with E-state index in [9.17, 15) is 9.59 Å². The van der Waals surface area contributed by atoms with E-state index >= 15 is 0 Å². The molecule has 3 rings (SSSR count). The van der Waals surface area contributed by atoms with E-state index in [1.54, 1.807) is 13.0 Å². The van der Waals surface area contributed by atoms with Crippen molar-refractivity contribution in [3.05, 3.63) is 51.2 Å². The summed E-state index contributed by atoms with van der Waals surface area (Å²) >= 11 is 7.37. The van der Waals surface area contributed by atoms with Crippen molar-refractivity contribution >= 4 is 46.4 Å². The number of rotatable bonds is 8. The van der Waals surface area contributed by atoms with Crippen molar-refractivity contribution in [2.45, 2.75) is 39.2 Å². The van der Waals surface area contributed by atoms with Gasteiger partial charge in [0.05, 0.1) is 24.5 Å². The number of aliphatic hydroxyl groups excluding tert-OH is 1. The van der Waals surface area contributed by atoms with Gasteiger partial charge < -0.3 is 21.1 Å². The van der Waals surface area contributed by atoms with Crippen molar-refractivity contribution in [1.29, 1.82) is 0 Å². The lowest BCUT2D eigenvalue weighted by Crippen LogP contribution is -2.28. The Labute approximate surface area is 205 Å². The maximum Gasteiger partial charge on any atom is 0.272 e. The highest BCUT2D eigenvalue weighted by molar-refractivity contribution is 7.13. The van der Waals surface area contributed by atoms with Gasteiger partial charge in [-0.2, -0.15) is 0 Å². The molecule has 3 heterocycles. The Morgan fingerprint density at radius 2 is 1.85 bits per heavy atom. The minimum atomic E-state index is -0.524. The van der Waals surface area contributed by atoms with Crippen LogP contribution in [0.1, 0.15) is 64.6 Å². The number of hydrogen-bond acceptors (Lipinski definition) is 10. The fraction of sp³-hybridized carbons (Fsp3) is 0.381. The summed E-state index contributed by atoms with van der Waals surface area (Å²) in [6.07, 6.45) is 4.06. The van der Waals surface area contributed by atoms with Crippen LogP contribution >= 0.6 is 22.9 Å². The first-order chi connectivity index (χ1) is 16.1. The highest BCUT2D eigenvalue weighted by atomic mass is 35.5. The van der Waals surface area contributed by atoms with Crippen molar-refractivity contribution in [2.24, 2.45) is 0 Å². The van der Waals surface area contributed by atoms with Crippen LogP contribution in [0.4, 0.5) is 11.6 Å². The summed E-state index contributed by atoms with van der Waals surface area (Å²) in [5, 5.41) is 17.8. The lowest BCUT2D eigenvalue weighted by atomic mass is 9.92. The third-order valence-corrected chi connectivity index (χ3v) is 6.09. The van der Waals surface area contributed by atoms with Gasteiger partial charge in [0.1, 0.15) is 39.2 Å². The average molecular weight is 505 g/mol. The minimum absolute atomic E-state index is 0.0168. The van der Waals surface area contributed by atoms with Crippen LogP contribution in [0.15, 0.2) is 24.9 Å². The monoisotopic (exact) mass is 504 g/mol. The van der Waals surface area contributed by atoms with Gasteiger partial charge in [0, 0.05) is 18.0 Å². The van der Waals surface area contributed by atoms with Gasteiger partial charge in [-0.3, -0.25) is 9.59 Å². The van der Waals surface area contributed by atoms with Crippen LogP contribution in [-0.2, 0) is 5.41 Å². The molecule has 0 saturated heterocycles. The Kier molecular flexibility index (Phi) is 8.07. The Morgan fingerprint density at radius 3 is 2.56 bits per heavy atom. The van der Waals surface area contributed by atoms with E-state index in [0.29, 0.717) is 15.7 Å². The van der Waals surface area contributed by atoms with E-state index in [2.05, 4.69) is 40.9 Å². The molecule has 0 spiro atoms. The molecule has 0 aromatic carbocycles. The largest absolute Gasteiger partial charge is 0.395 e. The van der Waals surface area contributed by atoms with Gasteiger partial charge in [-0.25, -0.2) is 24.9 Å². The Bertz CT molecular complexity index is 1180. The molecule has 1 atom stereocenters. The number of carbonyl (C=O) groups is 2. The van der Waals surface area contributed by atoms with Crippen molar-refractivity contribution < 1.29 is 14.7 Å². The second-order valence-electron chi connectivity index (χ2n) is 8.29. The molecule has 0 fully saturated rings. The molecular formula is C21H25ClN8O3S. The standard InChI is InChI=1S/C21H25ClN8O3S/c1-11(29-19(33)16-15(22)17(23-5-6-31)28-10-27-16)20-24-8-12(34-20)18(32)30-14-7-13(21(2,3)4)25-9-26-14/h7-11,31H,5-6H2,1-4H3,(H,29,33)(H,23,27,28)(H,25,26,30,32). The normalized spacial score (nSPS) is 12.2. The molecule has 11 nitrogen and oxygen atoms in total. The average Bonchev–Trinajstić information content (AvgIpc) is 3.29. The number of halogens is 1. The predicted octanol–water partition coefficient (Wildman–Crippen LogP) is 2.82. The van der Waals surface area contributed by atoms with Gasteiger partial charge in [-0.1, -0.05) is 32.4 Å². The molecule has 2 amide bonds. The fourth-order valence-corrected chi connectivity index (χ4v) is 3.82. The summed E-state index contributed by atoms with van der Waals surface area (Å²) < 4.78 is 0. The molecule has 34 heavy (non-hydrogen) atoms. The number of nitrogens with one attached hydrogen (secondary N) is 3. The number of aromatic nitrogens is 5. The van der Waals surface area contributed by atoms with Crippen LogP contribution < -0.4 is 16.0 Å². The molecule has 1 unspecified atom stereocenters. The third-order valence-electron chi connectivity index (χ3n) is 4.55. The van der Waals surface area contributed by atoms with Gasteiger partial charge in [-0.15, -0.1) is 11.3 Å². The second-order valence-corrected chi connectivity index (χ2v) is 9.73. The SMILES string of the molecule is CC(NC(=O)c1ncnc(NCCO)c1Cl)c1ncc(C(=O)Nc2cc(C(C)(C)C)ncn2)s1. The molecule has 0 saturated carbocycles. The molecule has 4 N–H and O–H groups in total. The summed E-state index contributed by atoms with van der Waals surface area (Å²) in [4.78, 5) is 46.3. The first kappa shape index (κ1) is 25.4. The zero-order valence-electron chi connectivity index (χ0n) is 19.1. The minimum Gasteiger partial charge on any atom is -0.395 e. The smallest absolute Gasteiger partial charge is 0.272 e. The summed E-state index contributed by atoms with van der Waals surface area (Å²) in [6, 6.07) is 1.23. The number of anilines is 2. The molecule has 3 aromatic rings. The molecule has 13 heteroatoms. The van der Waals surface area contributed by atoms with Crippen molar-refractivity contribution in [3.63, 3.8) is 0 Å². The van der Waals surface area contributed by atoms with E-state index in [4.69, 9.17) is 16.7 Å². The van der Waals surface area contributed by atoms with Crippen LogP contribution in [-0.4, -0.2) is 55.0 Å². The topological polar surface area (TPSA) is 155 Å². The quantitative estimate of drug-likeness (QED) is 0.362. The molecule has 0 aliphatic carbocycles. The van der Waals surface area contributed by atoms with Crippen LogP contribution in [0.5, 0.6) is 0 Å². The summed E-state index contributed by atoms with van der Waals surface area (Å²) in [7, 11) is 0. The van der Waals surface area contributed by atoms with E-state index in [-0.39, 0.29) is 41.0 Å². The second kappa shape index (κ2) is 10.8. The van der Waals surface area contributed by atoms with Gasteiger partial charge in [0.15, 0.2) is 5.69 Å². The number of amides is 2. The number of aliphatic hydroxyl groups is 1. The van der Waals surface area contributed by atoms with E-state index < -0.39 is 11.9 Å². The molecule has 3 aromatic heterocycles. The zero-order valence-corrected chi connectivity index (χ0v) is 20.7. The molecule has 0 aliphatic rings. The van der Waals surface area contributed by atoms with E-state index in [0.717, 1.165) is 17.0 Å². The number of carbonyl (C=O) groups excluding carboxylic acids is 2. The summed E-state index contributed by atoms with van der Waals surface area (Å²) in [6.45, 7) is 7.91. The third kappa shape index (κ3) is 6.22. The molecule has 0 radical (unpaired) electrons. The van der Waals surface area contributed by atoms with Gasteiger partial charge in [0.25, 0.3) is 11.8 Å². The van der Waals surface area contributed by atoms with Crippen LogP contribution in [0.3, 0.4) is 0 Å². The summed E-state index contributed by atoms with van der Waals surface area (Å²) in [5.74, 6) is -0.246. The number of hydrogen-bond donors (Lipinski definition) is 4. The highest BCUT2D eigenvalue weighted by Crippen LogP contribution is 2.25. The van der Waals surface area contributed by atoms with Crippen molar-refractivity contribution in [2.75, 3.05) is 23.8 Å². The van der Waals surface area contributed by atoms with Gasteiger partial charge >= 0.3 is 0 Å². The first-order valence-corrected chi connectivity index (χ1v) is 11.5. The van der Waals surface area contributed by atoms with Crippen LogP contribution in [0.2, 0.25) is 5.02 Å². The maximum absolute atomic E-state index is 12.7. The Hall–Kier alpha value is -3.22. The van der Waals surface area contributed by atoms with Crippen molar-refractivity contribution in [3.8, 4) is 0 Å². The van der Waals surface area contributed by atoms with Crippen LogP contribution in [0, 0.1) is 0 Å². The molecule has 0 bridgehead atoms. The van der Waals surface area contributed by atoms with Gasteiger partial charge in [-0.05, 0) is 6.92 Å². The van der Waals surface area contributed by atoms with E-state index in [1.807, 2.05) is 20.8 Å². The summed E-state index contributed by atoms with van der Waals surface area (Å²) in [5.41, 5.74) is 0.602. The first-order valence-electron chi connectivity index (χ1n) is 10.4. The van der Waals surface area contributed by atoms with E-state index in [1.165, 1.54) is 18.9 Å². The number of nitrogens with zero attached hydrogens (tertiary/aromatic N) is 5.